The van der Waals surface area contributed by atoms with Gasteiger partial charge in [-0.05, 0) is 49.2 Å². The minimum Gasteiger partial charge on any atom is -0.494 e. The molecule has 0 aliphatic carbocycles. The monoisotopic (exact) mass is 354 g/mol. The van der Waals surface area contributed by atoms with Crippen LogP contribution < -0.4 is 4.74 Å². The molecule has 0 saturated heterocycles. The van der Waals surface area contributed by atoms with E-state index in [9.17, 15) is 0 Å². The molecular formula is C23H34N2O. The van der Waals surface area contributed by atoms with Crippen molar-refractivity contribution in [3.63, 3.8) is 0 Å². The first-order chi connectivity index (χ1) is 12.7. The fraction of sp³-hybridized carbons (Fsp3) is 0.565. The van der Waals surface area contributed by atoms with Crippen molar-refractivity contribution in [2.45, 2.75) is 78.1 Å². The Morgan fingerprint density at radius 1 is 0.808 bits per heavy atom. The Morgan fingerprint density at radius 2 is 1.54 bits per heavy atom. The third-order valence-corrected chi connectivity index (χ3v) is 4.85. The second kappa shape index (κ2) is 11.7. The molecule has 1 heterocycles. The van der Waals surface area contributed by atoms with Crippen LogP contribution in [-0.2, 0) is 0 Å². The molecule has 0 spiro atoms. The van der Waals surface area contributed by atoms with Crippen LogP contribution in [-0.4, -0.2) is 16.8 Å². The molecule has 3 heteroatoms. The number of ether oxygens (including phenoxy) is 1. The molecule has 0 N–H and O–H groups in total. The Kier molecular flexibility index (Phi) is 9.16. The molecule has 0 aliphatic heterocycles. The first kappa shape index (κ1) is 20.4. The van der Waals surface area contributed by atoms with Gasteiger partial charge >= 0.3 is 0 Å². The van der Waals surface area contributed by atoms with Gasteiger partial charge in [0, 0.05) is 11.5 Å². The van der Waals surface area contributed by atoms with Gasteiger partial charge in [-0.3, -0.25) is 0 Å². The SMILES string of the molecule is CCCCCCC(C)c1ccc(-c2ccc(OCCCCC)cc2)nn1. The van der Waals surface area contributed by atoms with Crippen LogP contribution in [0.15, 0.2) is 36.4 Å². The second-order valence-electron chi connectivity index (χ2n) is 7.17. The zero-order valence-corrected chi connectivity index (χ0v) is 16.7. The quantitative estimate of drug-likeness (QED) is 0.394. The first-order valence-electron chi connectivity index (χ1n) is 10.3. The number of benzene rings is 1. The largest absolute Gasteiger partial charge is 0.494 e. The van der Waals surface area contributed by atoms with Crippen molar-refractivity contribution >= 4 is 0 Å². The van der Waals surface area contributed by atoms with Crippen LogP contribution in [0.1, 0.15) is 83.7 Å². The Hall–Kier alpha value is -1.90. The third kappa shape index (κ3) is 6.78. The molecule has 2 aromatic rings. The van der Waals surface area contributed by atoms with Gasteiger partial charge in [0.1, 0.15) is 5.75 Å². The van der Waals surface area contributed by atoms with Crippen LogP contribution in [0.4, 0.5) is 0 Å². The van der Waals surface area contributed by atoms with Crippen LogP contribution in [0.2, 0.25) is 0 Å². The average Bonchev–Trinajstić information content (AvgIpc) is 2.69. The molecule has 0 amide bonds. The molecule has 1 atom stereocenters. The highest BCUT2D eigenvalue weighted by Crippen LogP contribution is 2.24. The van der Waals surface area contributed by atoms with Crippen molar-refractivity contribution in [2.24, 2.45) is 0 Å². The molecule has 0 fully saturated rings. The Morgan fingerprint density at radius 3 is 2.19 bits per heavy atom. The van der Waals surface area contributed by atoms with Crippen LogP contribution in [0.5, 0.6) is 5.75 Å². The van der Waals surface area contributed by atoms with E-state index in [1.165, 1.54) is 44.9 Å². The van der Waals surface area contributed by atoms with Gasteiger partial charge in [-0.25, -0.2) is 0 Å². The van der Waals surface area contributed by atoms with E-state index in [0.717, 1.165) is 35.7 Å². The molecule has 1 aromatic carbocycles. The van der Waals surface area contributed by atoms with Gasteiger partial charge in [-0.2, -0.15) is 10.2 Å². The number of rotatable bonds is 12. The van der Waals surface area contributed by atoms with E-state index in [0.29, 0.717) is 5.92 Å². The fourth-order valence-electron chi connectivity index (χ4n) is 3.05. The van der Waals surface area contributed by atoms with Crippen molar-refractivity contribution in [1.82, 2.24) is 10.2 Å². The van der Waals surface area contributed by atoms with Crippen molar-refractivity contribution in [2.75, 3.05) is 6.61 Å². The minimum atomic E-state index is 0.479. The lowest BCUT2D eigenvalue weighted by Gasteiger charge is -2.11. The van der Waals surface area contributed by atoms with E-state index in [-0.39, 0.29) is 0 Å². The van der Waals surface area contributed by atoms with Crippen LogP contribution in [0.25, 0.3) is 11.3 Å². The highest BCUT2D eigenvalue weighted by molar-refractivity contribution is 5.59. The van der Waals surface area contributed by atoms with Gasteiger partial charge in [0.25, 0.3) is 0 Å². The lowest BCUT2D eigenvalue weighted by atomic mass is 9.99. The topological polar surface area (TPSA) is 35.0 Å². The number of aromatic nitrogens is 2. The van der Waals surface area contributed by atoms with Crippen LogP contribution >= 0.6 is 0 Å². The molecule has 2 rings (SSSR count). The van der Waals surface area contributed by atoms with E-state index in [1.54, 1.807) is 0 Å². The van der Waals surface area contributed by atoms with E-state index in [1.807, 2.05) is 12.1 Å². The molecular weight excluding hydrogens is 320 g/mol. The number of hydrogen-bond acceptors (Lipinski definition) is 3. The van der Waals surface area contributed by atoms with Crippen LogP contribution in [0, 0.1) is 0 Å². The van der Waals surface area contributed by atoms with Gasteiger partial charge in [-0.15, -0.1) is 0 Å². The maximum atomic E-state index is 5.77. The standard InChI is InChI=1S/C23H34N2O/c1-4-6-8-9-11-19(3)22-16-17-23(25-24-22)20-12-14-21(15-13-20)26-18-10-7-5-2/h12-17,19H,4-11,18H2,1-3H3. The summed E-state index contributed by atoms with van der Waals surface area (Å²) in [5, 5.41) is 8.90. The first-order valence-corrected chi connectivity index (χ1v) is 10.3. The molecule has 3 nitrogen and oxygen atoms in total. The Bertz CT molecular complexity index is 607. The van der Waals surface area contributed by atoms with Gasteiger partial charge in [0.15, 0.2) is 0 Å². The summed E-state index contributed by atoms with van der Waals surface area (Å²) in [6, 6.07) is 12.4. The van der Waals surface area contributed by atoms with E-state index in [2.05, 4.69) is 55.2 Å². The van der Waals surface area contributed by atoms with E-state index >= 15 is 0 Å². The summed E-state index contributed by atoms with van der Waals surface area (Å²) >= 11 is 0. The molecule has 0 radical (unpaired) electrons. The van der Waals surface area contributed by atoms with Gasteiger partial charge in [0.05, 0.1) is 18.0 Å². The zero-order valence-electron chi connectivity index (χ0n) is 16.7. The molecule has 0 saturated carbocycles. The predicted molar refractivity (Wildman–Crippen MR) is 110 cm³/mol. The molecule has 0 bridgehead atoms. The minimum absolute atomic E-state index is 0.479. The summed E-state index contributed by atoms with van der Waals surface area (Å²) in [6.07, 6.45) is 9.95. The lowest BCUT2D eigenvalue weighted by Crippen LogP contribution is -2.00. The maximum absolute atomic E-state index is 5.77. The lowest BCUT2D eigenvalue weighted by molar-refractivity contribution is 0.306. The molecule has 1 aromatic heterocycles. The molecule has 26 heavy (non-hydrogen) atoms. The molecule has 142 valence electrons. The Labute approximate surface area is 159 Å². The molecule has 1 unspecified atom stereocenters. The highest BCUT2D eigenvalue weighted by Gasteiger charge is 2.08. The van der Waals surface area contributed by atoms with Crippen molar-refractivity contribution in [1.29, 1.82) is 0 Å². The summed E-state index contributed by atoms with van der Waals surface area (Å²) in [7, 11) is 0. The smallest absolute Gasteiger partial charge is 0.119 e. The fourth-order valence-corrected chi connectivity index (χ4v) is 3.05. The van der Waals surface area contributed by atoms with Crippen molar-refractivity contribution in [3.05, 3.63) is 42.1 Å². The summed E-state index contributed by atoms with van der Waals surface area (Å²) in [5.41, 5.74) is 3.10. The maximum Gasteiger partial charge on any atom is 0.119 e. The number of hydrogen-bond donors (Lipinski definition) is 0. The summed E-state index contributed by atoms with van der Waals surface area (Å²) in [4.78, 5) is 0. The number of unbranched alkanes of at least 4 members (excludes halogenated alkanes) is 5. The van der Waals surface area contributed by atoms with E-state index in [4.69, 9.17) is 4.74 Å². The Balaban J connectivity index is 1.87. The predicted octanol–water partition coefficient (Wildman–Crippen LogP) is 6.79. The third-order valence-electron chi connectivity index (χ3n) is 4.85. The van der Waals surface area contributed by atoms with E-state index < -0.39 is 0 Å². The second-order valence-corrected chi connectivity index (χ2v) is 7.17. The van der Waals surface area contributed by atoms with Crippen LogP contribution in [0.3, 0.4) is 0 Å². The van der Waals surface area contributed by atoms with Gasteiger partial charge in [0.2, 0.25) is 0 Å². The van der Waals surface area contributed by atoms with Gasteiger partial charge in [-0.1, -0.05) is 59.3 Å². The number of nitrogens with zero attached hydrogens (tertiary/aromatic N) is 2. The summed E-state index contributed by atoms with van der Waals surface area (Å²) in [6.45, 7) is 7.49. The van der Waals surface area contributed by atoms with Crippen molar-refractivity contribution < 1.29 is 4.74 Å². The summed E-state index contributed by atoms with van der Waals surface area (Å²) in [5.74, 6) is 1.41. The molecule has 0 aliphatic rings. The van der Waals surface area contributed by atoms with Crippen molar-refractivity contribution in [3.8, 4) is 17.0 Å². The van der Waals surface area contributed by atoms with Gasteiger partial charge < -0.3 is 4.74 Å². The average molecular weight is 355 g/mol. The summed E-state index contributed by atoms with van der Waals surface area (Å²) < 4.78 is 5.77. The zero-order chi connectivity index (χ0) is 18.6. The highest BCUT2D eigenvalue weighted by atomic mass is 16.5. The normalized spacial score (nSPS) is 12.1.